The van der Waals surface area contributed by atoms with E-state index in [1.165, 1.54) is 0 Å². The van der Waals surface area contributed by atoms with Gasteiger partial charge in [0.15, 0.2) is 0 Å². The molecule has 3 nitrogen and oxygen atoms in total. The fourth-order valence-corrected chi connectivity index (χ4v) is 1.01. The van der Waals surface area contributed by atoms with Crippen LogP contribution in [0.4, 0.5) is 0 Å². The third kappa shape index (κ3) is 5.11. The lowest BCUT2D eigenvalue weighted by Crippen LogP contribution is -2.31. The van der Waals surface area contributed by atoms with E-state index in [4.69, 9.17) is 5.26 Å². The van der Waals surface area contributed by atoms with E-state index in [1.807, 2.05) is 7.05 Å². The number of hydrogen-bond donors (Lipinski definition) is 1. The molecule has 1 unspecified atom stereocenters. The lowest BCUT2D eigenvalue weighted by atomic mass is 10.2. The lowest BCUT2D eigenvalue weighted by molar-refractivity contribution is 0.257. The van der Waals surface area contributed by atoms with E-state index < -0.39 is 0 Å². The molecule has 0 aromatic carbocycles. The molecule has 0 aliphatic heterocycles. The number of rotatable bonds is 6. The van der Waals surface area contributed by atoms with E-state index in [9.17, 15) is 0 Å². The summed E-state index contributed by atoms with van der Waals surface area (Å²) in [5.41, 5.74) is 0. The zero-order valence-electron chi connectivity index (χ0n) is 8.30. The standard InChI is InChI=1S/C9H19N3/c1-9(5-6-10)12(3)8-4-7-11-2/h9,11H,4-5,7-8H2,1-3H3. The molecule has 0 spiro atoms. The van der Waals surface area contributed by atoms with Crippen molar-refractivity contribution in [1.82, 2.24) is 10.2 Å². The van der Waals surface area contributed by atoms with Crippen molar-refractivity contribution in [3.63, 3.8) is 0 Å². The quantitative estimate of drug-likeness (QED) is 0.599. The van der Waals surface area contributed by atoms with Gasteiger partial charge in [0.05, 0.1) is 12.5 Å². The Kier molecular flexibility index (Phi) is 6.73. The van der Waals surface area contributed by atoms with Gasteiger partial charge in [0.1, 0.15) is 0 Å². The third-order valence-corrected chi connectivity index (χ3v) is 2.08. The molecular formula is C9H19N3. The van der Waals surface area contributed by atoms with Gasteiger partial charge in [0, 0.05) is 6.04 Å². The van der Waals surface area contributed by atoms with Crippen LogP contribution in [0, 0.1) is 11.3 Å². The van der Waals surface area contributed by atoms with Gasteiger partial charge in [-0.05, 0) is 40.5 Å². The molecule has 0 aliphatic rings. The third-order valence-electron chi connectivity index (χ3n) is 2.08. The van der Waals surface area contributed by atoms with Crippen LogP contribution >= 0.6 is 0 Å². The van der Waals surface area contributed by atoms with Crippen molar-refractivity contribution in [2.75, 3.05) is 27.2 Å². The molecular weight excluding hydrogens is 150 g/mol. The molecule has 0 aromatic rings. The second-order valence-corrected chi connectivity index (χ2v) is 3.15. The molecule has 0 amide bonds. The Morgan fingerprint density at radius 3 is 2.75 bits per heavy atom. The summed E-state index contributed by atoms with van der Waals surface area (Å²) in [6.45, 7) is 4.19. The van der Waals surface area contributed by atoms with Crippen molar-refractivity contribution in [2.45, 2.75) is 25.8 Å². The molecule has 0 aliphatic carbocycles. The predicted molar refractivity (Wildman–Crippen MR) is 50.9 cm³/mol. The highest BCUT2D eigenvalue weighted by Crippen LogP contribution is 1.99. The zero-order chi connectivity index (χ0) is 9.40. The van der Waals surface area contributed by atoms with Crippen molar-refractivity contribution in [3.05, 3.63) is 0 Å². The summed E-state index contributed by atoms with van der Waals surface area (Å²) in [4.78, 5) is 2.22. The summed E-state index contributed by atoms with van der Waals surface area (Å²) in [5.74, 6) is 0. The van der Waals surface area contributed by atoms with Crippen LogP contribution in [0.15, 0.2) is 0 Å². The van der Waals surface area contributed by atoms with E-state index in [2.05, 4.69) is 30.3 Å². The van der Waals surface area contributed by atoms with Crippen molar-refractivity contribution < 1.29 is 0 Å². The first-order chi connectivity index (χ1) is 5.72. The second kappa shape index (κ2) is 7.08. The maximum atomic E-state index is 8.47. The summed E-state index contributed by atoms with van der Waals surface area (Å²) in [5, 5.41) is 11.6. The summed E-state index contributed by atoms with van der Waals surface area (Å²) in [6, 6.07) is 2.56. The van der Waals surface area contributed by atoms with Gasteiger partial charge < -0.3 is 10.2 Å². The molecule has 0 radical (unpaired) electrons. The maximum Gasteiger partial charge on any atom is 0.0638 e. The fourth-order valence-electron chi connectivity index (χ4n) is 1.01. The molecule has 1 atom stereocenters. The van der Waals surface area contributed by atoms with Crippen molar-refractivity contribution in [3.8, 4) is 6.07 Å². The van der Waals surface area contributed by atoms with Gasteiger partial charge in [-0.15, -0.1) is 0 Å². The number of nitrogens with zero attached hydrogens (tertiary/aromatic N) is 2. The van der Waals surface area contributed by atoms with Gasteiger partial charge in [-0.1, -0.05) is 0 Å². The van der Waals surface area contributed by atoms with E-state index in [1.54, 1.807) is 0 Å². The second-order valence-electron chi connectivity index (χ2n) is 3.15. The normalized spacial score (nSPS) is 12.9. The van der Waals surface area contributed by atoms with Gasteiger partial charge >= 0.3 is 0 Å². The average molecular weight is 169 g/mol. The molecule has 0 rings (SSSR count). The van der Waals surface area contributed by atoms with Crippen LogP contribution in [0.5, 0.6) is 0 Å². The maximum absolute atomic E-state index is 8.47. The molecule has 0 aromatic heterocycles. The lowest BCUT2D eigenvalue weighted by Gasteiger charge is -2.22. The molecule has 0 fully saturated rings. The Hall–Kier alpha value is -0.590. The summed E-state index contributed by atoms with van der Waals surface area (Å²) in [7, 11) is 4.02. The monoisotopic (exact) mass is 169 g/mol. The molecule has 1 N–H and O–H groups in total. The van der Waals surface area contributed by atoms with Gasteiger partial charge in [-0.25, -0.2) is 0 Å². The molecule has 3 heteroatoms. The van der Waals surface area contributed by atoms with Crippen molar-refractivity contribution in [2.24, 2.45) is 0 Å². The van der Waals surface area contributed by atoms with Crippen LogP contribution in [0.3, 0.4) is 0 Å². The van der Waals surface area contributed by atoms with Gasteiger partial charge in [-0.3, -0.25) is 0 Å². The average Bonchev–Trinajstić information content (AvgIpc) is 2.05. The van der Waals surface area contributed by atoms with Crippen LogP contribution in [-0.2, 0) is 0 Å². The highest BCUT2D eigenvalue weighted by molar-refractivity contribution is 4.78. The zero-order valence-corrected chi connectivity index (χ0v) is 8.30. The van der Waals surface area contributed by atoms with Gasteiger partial charge in [0.2, 0.25) is 0 Å². The molecule has 12 heavy (non-hydrogen) atoms. The predicted octanol–water partition coefficient (Wildman–Crippen LogP) is 0.830. The molecule has 0 heterocycles. The smallest absolute Gasteiger partial charge is 0.0638 e. The van der Waals surface area contributed by atoms with E-state index in [0.29, 0.717) is 12.5 Å². The van der Waals surface area contributed by atoms with Crippen LogP contribution in [0.1, 0.15) is 19.8 Å². The topological polar surface area (TPSA) is 39.1 Å². The van der Waals surface area contributed by atoms with Crippen LogP contribution in [0.25, 0.3) is 0 Å². The molecule has 70 valence electrons. The Morgan fingerprint density at radius 2 is 2.25 bits per heavy atom. The number of nitriles is 1. The largest absolute Gasteiger partial charge is 0.320 e. The van der Waals surface area contributed by atoms with Crippen LogP contribution in [0.2, 0.25) is 0 Å². The Morgan fingerprint density at radius 1 is 1.58 bits per heavy atom. The molecule has 0 saturated heterocycles. The number of hydrogen-bond acceptors (Lipinski definition) is 3. The Bertz CT molecular complexity index is 139. The Balaban J connectivity index is 3.43. The van der Waals surface area contributed by atoms with E-state index in [-0.39, 0.29) is 0 Å². The minimum Gasteiger partial charge on any atom is -0.320 e. The summed E-state index contributed by atoms with van der Waals surface area (Å²) < 4.78 is 0. The van der Waals surface area contributed by atoms with Crippen molar-refractivity contribution >= 4 is 0 Å². The van der Waals surface area contributed by atoms with Crippen LogP contribution in [-0.4, -0.2) is 38.1 Å². The molecule has 0 bridgehead atoms. The molecule has 0 saturated carbocycles. The highest BCUT2D eigenvalue weighted by atomic mass is 15.1. The minimum atomic E-state index is 0.381. The van der Waals surface area contributed by atoms with Gasteiger partial charge in [0.25, 0.3) is 0 Å². The highest BCUT2D eigenvalue weighted by Gasteiger charge is 2.06. The first-order valence-electron chi connectivity index (χ1n) is 4.44. The fraction of sp³-hybridized carbons (Fsp3) is 0.889. The SMILES string of the molecule is CNCCCN(C)C(C)CC#N. The minimum absolute atomic E-state index is 0.381. The first-order valence-corrected chi connectivity index (χ1v) is 4.44. The first kappa shape index (κ1) is 11.4. The van der Waals surface area contributed by atoms with E-state index >= 15 is 0 Å². The summed E-state index contributed by atoms with van der Waals surface area (Å²) >= 11 is 0. The number of nitrogens with one attached hydrogen (secondary N) is 1. The van der Waals surface area contributed by atoms with Crippen LogP contribution < -0.4 is 5.32 Å². The van der Waals surface area contributed by atoms with E-state index in [0.717, 1.165) is 19.5 Å². The van der Waals surface area contributed by atoms with Gasteiger partial charge in [-0.2, -0.15) is 5.26 Å². The van der Waals surface area contributed by atoms with Crippen molar-refractivity contribution in [1.29, 1.82) is 5.26 Å². The Labute approximate surface area is 75.4 Å². The summed E-state index contributed by atoms with van der Waals surface area (Å²) in [6.07, 6.45) is 1.76.